The SMILES string of the molecule is CCCCC(CCC(C)O)c1ccccc1C=O. The number of hydrogen-bond acceptors (Lipinski definition) is 2. The Morgan fingerprint density at radius 1 is 1.22 bits per heavy atom. The molecular formula is C16H24O2. The van der Waals surface area contributed by atoms with E-state index in [0.717, 1.165) is 49.5 Å². The first-order chi connectivity index (χ1) is 8.69. The van der Waals surface area contributed by atoms with Gasteiger partial charge < -0.3 is 5.11 Å². The zero-order valence-electron chi connectivity index (χ0n) is 11.4. The van der Waals surface area contributed by atoms with Crippen LogP contribution in [0.1, 0.15) is 67.8 Å². The largest absolute Gasteiger partial charge is 0.393 e. The molecule has 1 aromatic rings. The summed E-state index contributed by atoms with van der Waals surface area (Å²) in [4.78, 5) is 11.1. The van der Waals surface area contributed by atoms with Crippen LogP contribution in [0.25, 0.3) is 0 Å². The van der Waals surface area contributed by atoms with Crippen LogP contribution in [0.5, 0.6) is 0 Å². The predicted octanol–water partition coefficient (Wildman–Crippen LogP) is 3.93. The van der Waals surface area contributed by atoms with E-state index in [0.29, 0.717) is 5.92 Å². The number of benzene rings is 1. The maximum absolute atomic E-state index is 11.1. The molecule has 18 heavy (non-hydrogen) atoms. The minimum absolute atomic E-state index is 0.266. The maximum Gasteiger partial charge on any atom is 0.150 e. The van der Waals surface area contributed by atoms with Crippen molar-refractivity contribution < 1.29 is 9.90 Å². The molecule has 1 rings (SSSR count). The summed E-state index contributed by atoms with van der Waals surface area (Å²) in [6.45, 7) is 4.00. The molecule has 0 fully saturated rings. The molecule has 2 nitrogen and oxygen atoms in total. The van der Waals surface area contributed by atoms with Gasteiger partial charge in [-0.3, -0.25) is 4.79 Å². The number of aliphatic hydroxyl groups is 1. The molecule has 0 heterocycles. The summed E-state index contributed by atoms with van der Waals surface area (Å²) >= 11 is 0. The van der Waals surface area contributed by atoms with Crippen LogP contribution in [0.15, 0.2) is 24.3 Å². The second-order valence-corrected chi connectivity index (χ2v) is 5.01. The molecule has 2 atom stereocenters. The van der Waals surface area contributed by atoms with Crippen molar-refractivity contribution in [2.45, 2.75) is 58.0 Å². The monoisotopic (exact) mass is 248 g/mol. The van der Waals surface area contributed by atoms with Crippen LogP contribution >= 0.6 is 0 Å². The van der Waals surface area contributed by atoms with Gasteiger partial charge in [0.1, 0.15) is 6.29 Å². The van der Waals surface area contributed by atoms with Crippen LogP contribution in [0.4, 0.5) is 0 Å². The van der Waals surface area contributed by atoms with E-state index in [1.807, 2.05) is 31.2 Å². The third-order valence-corrected chi connectivity index (χ3v) is 3.40. The van der Waals surface area contributed by atoms with Gasteiger partial charge in [0.05, 0.1) is 6.10 Å². The third-order valence-electron chi connectivity index (χ3n) is 3.40. The molecule has 0 spiro atoms. The number of aldehydes is 1. The molecule has 0 saturated heterocycles. The van der Waals surface area contributed by atoms with Crippen LogP contribution in [0.3, 0.4) is 0 Å². The smallest absolute Gasteiger partial charge is 0.150 e. The number of aliphatic hydroxyl groups excluding tert-OH is 1. The Balaban J connectivity index is 2.82. The second-order valence-electron chi connectivity index (χ2n) is 5.01. The highest BCUT2D eigenvalue weighted by Crippen LogP contribution is 2.29. The van der Waals surface area contributed by atoms with Gasteiger partial charge in [0.2, 0.25) is 0 Å². The van der Waals surface area contributed by atoms with Gasteiger partial charge in [-0.25, -0.2) is 0 Å². The van der Waals surface area contributed by atoms with Crippen LogP contribution in [0, 0.1) is 0 Å². The number of rotatable bonds is 8. The minimum atomic E-state index is -0.266. The van der Waals surface area contributed by atoms with E-state index in [4.69, 9.17) is 0 Å². The molecule has 2 heteroatoms. The highest BCUT2D eigenvalue weighted by Gasteiger charge is 2.15. The van der Waals surface area contributed by atoms with Gasteiger partial charge >= 0.3 is 0 Å². The molecule has 0 radical (unpaired) electrons. The number of carbonyl (C=O) groups is 1. The Morgan fingerprint density at radius 3 is 2.56 bits per heavy atom. The molecule has 0 bridgehead atoms. The van der Waals surface area contributed by atoms with Crippen molar-refractivity contribution in [2.24, 2.45) is 0 Å². The first-order valence-electron chi connectivity index (χ1n) is 6.91. The lowest BCUT2D eigenvalue weighted by Gasteiger charge is -2.19. The van der Waals surface area contributed by atoms with Crippen molar-refractivity contribution in [3.63, 3.8) is 0 Å². The fourth-order valence-electron chi connectivity index (χ4n) is 2.34. The highest BCUT2D eigenvalue weighted by atomic mass is 16.3. The second kappa shape index (κ2) is 8.04. The third kappa shape index (κ3) is 4.61. The Bertz CT molecular complexity index is 358. The Morgan fingerprint density at radius 2 is 1.94 bits per heavy atom. The van der Waals surface area contributed by atoms with Gasteiger partial charge in [-0.15, -0.1) is 0 Å². The highest BCUT2D eigenvalue weighted by molar-refractivity contribution is 5.77. The predicted molar refractivity (Wildman–Crippen MR) is 75.0 cm³/mol. The Hall–Kier alpha value is -1.15. The lowest BCUT2D eigenvalue weighted by Crippen LogP contribution is -2.07. The first-order valence-corrected chi connectivity index (χ1v) is 6.91. The molecule has 0 saturated carbocycles. The number of hydrogen-bond donors (Lipinski definition) is 1. The van der Waals surface area contributed by atoms with Crippen LogP contribution < -0.4 is 0 Å². The van der Waals surface area contributed by atoms with Gasteiger partial charge in [0.15, 0.2) is 0 Å². The van der Waals surface area contributed by atoms with Crippen molar-refractivity contribution in [3.05, 3.63) is 35.4 Å². The lowest BCUT2D eigenvalue weighted by atomic mass is 9.86. The van der Waals surface area contributed by atoms with Crippen molar-refractivity contribution in [3.8, 4) is 0 Å². The molecule has 2 unspecified atom stereocenters. The van der Waals surface area contributed by atoms with Crippen molar-refractivity contribution in [2.75, 3.05) is 0 Å². The van der Waals surface area contributed by atoms with Crippen molar-refractivity contribution in [1.82, 2.24) is 0 Å². The molecule has 0 amide bonds. The summed E-state index contributed by atoms with van der Waals surface area (Å²) in [7, 11) is 0. The van der Waals surface area contributed by atoms with Gasteiger partial charge in [0, 0.05) is 5.56 Å². The zero-order chi connectivity index (χ0) is 13.4. The quantitative estimate of drug-likeness (QED) is 0.708. The van der Waals surface area contributed by atoms with E-state index >= 15 is 0 Å². The number of unbranched alkanes of at least 4 members (excludes halogenated alkanes) is 1. The fraction of sp³-hybridized carbons (Fsp3) is 0.562. The molecule has 0 aromatic heterocycles. The van der Waals surface area contributed by atoms with Gasteiger partial charge in [-0.05, 0) is 37.7 Å². The Labute approximate surface area is 110 Å². The zero-order valence-corrected chi connectivity index (χ0v) is 11.4. The minimum Gasteiger partial charge on any atom is -0.393 e. The molecule has 0 aliphatic carbocycles. The van der Waals surface area contributed by atoms with Crippen LogP contribution in [-0.2, 0) is 0 Å². The Kier molecular flexibility index (Phi) is 6.66. The van der Waals surface area contributed by atoms with E-state index in [-0.39, 0.29) is 6.10 Å². The topological polar surface area (TPSA) is 37.3 Å². The molecule has 1 aromatic carbocycles. The van der Waals surface area contributed by atoms with Gasteiger partial charge in [-0.1, -0.05) is 44.0 Å². The summed E-state index contributed by atoms with van der Waals surface area (Å²) in [5.74, 6) is 0.390. The van der Waals surface area contributed by atoms with Gasteiger partial charge in [-0.2, -0.15) is 0 Å². The van der Waals surface area contributed by atoms with E-state index in [1.54, 1.807) is 0 Å². The average Bonchev–Trinajstić information content (AvgIpc) is 2.38. The first kappa shape index (κ1) is 14.9. The summed E-state index contributed by atoms with van der Waals surface area (Å²) in [6, 6.07) is 7.82. The molecule has 0 aliphatic heterocycles. The molecule has 100 valence electrons. The summed E-state index contributed by atoms with van der Waals surface area (Å²) < 4.78 is 0. The summed E-state index contributed by atoms with van der Waals surface area (Å²) in [5.41, 5.74) is 1.94. The number of carbonyl (C=O) groups excluding carboxylic acids is 1. The normalized spacial score (nSPS) is 14.2. The molecule has 1 N–H and O–H groups in total. The van der Waals surface area contributed by atoms with Crippen molar-refractivity contribution >= 4 is 6.29 Å². The maximum atomic E-state index is 11.1. The van der Waals surface area contributed by atoms with E-state index < -0.39 is 0 Å². The summed E-state index contributed by atoms with van der Waals surface area (Å²) in [6.07, 6.45) is 5.83. The molecular weight excluding hydrogens is 224 g/mol. The standard InChI is InChI=1S/C16H24O2/c1-3-4-7-14(11-10-13(2)18)16-9-6-5-8-15(16)12-17/h5-6,8-9,12-14,18H,3-4,7,10-11H2,1-2H3. The van der Waals surface area contributed by atoms with E-state index in [2.05, 4.69) is 6.92 Å². The lowest BCUT2D eigenvalue weighted by molar-refractivity contribution is 0.112. The average molecular weight is 248 g/mol. The van der Waals surface area contributed by atoms with E-state index in [1.165, 1.54) is 0 Å². The fourth-order valence-corrected chi connectivity index (χ4v) is 2.34. The van der Waals surface area contributed by atoms with E-state index in [9.17, 15) is 9.90 Å². The molecule has 0 aliphatic rings. The van der Waals surface area contributed by atoms with Crippen LogP contribution in [-0.4, -0.2) is 17.5 Å². The summed E-state index contributed by atoms with van der Waals surface area (Å²) in [5, 5.41) is 9.43. The van der Waals surface area contributed by atoms with Crippen molar-refractivity contribution in [1.29, 1.82) is 0 Å². The van der Waals surface area contributed by atoms with Crippen LogP contribution in [0.2, 0.25) is 0 Å². The van der Waals surface area contributed by atoms with Gasteiger partial charge in [0.25, 0.3) is 0 Å².